The molecule has 0 aliphatic carbocycles. The molecular formula is C26H20Cl2O4Pb. The molecule has 0 fully saturated rings. The monoisotopic (exact) mass is 674 g/mol. The van der Waals surface area contributed by atoms with Crippen LogP contribution in [0.25, 0.3) is 0 Å². The molecule has 0 saturated heterocycles. The van der Waals surface area contributed by atoms with Crippen LogP contribution in [0.2, 0.25) is 10.0 Å². The Labute approximate surface area is 214 Å². The predicted molar refractivity (Wildman–Crippen MR) is 135 cm³/mol. The minimum Gasteiger partial charge on any atom is -0.478 e. The maximum atomic E-state index is 10.2. The SMILES string of the molecule is Clc1cc[c]([Pb][c]2ccc(Cl)cc2)cc1.O=C(O)c1ccccc1.O=C(O)c1ccccc1. The Kier molecular flexibility index (Phi) is 11.6. The number of aromatic carboxylic acids is 2. The average molecular weight is 675 g/mol. The van der Waals surface area contributed by atoms with Gasteiger partial charge in [0.15, 0.2) is 0 Å². The number of halogens is 2. The Morgan fingerprint density at radius 2 is 0.818 bits per heavy atom. The minimum absolute atomic E-state index is 0.331. The topological polar surface area (TPSA) is 74.6 Å². The van der Waals surface area contributed by atoms with E-state index >= 15 is 0 Å². The molecule has 0 aliphatic heterocycles. The molecule has 7 heteroatoms. The third-order valence-corrected chi connectivity index (χ3v) is 9.36. The van der Waals surface area contributed by atoms with Gasteiger partial charge in [-0.15, -0.1) is 0 Å². The molecule has 4 rings (SSSR count). The van der Waals surface area contributed by atoms with Gasteiger partial charge < -0.3 is 10.2 Å². The Hall–Kier alpha value is -2.68. The van der Waals surface area contributed by atoms with Crippen LogP contribution in [0.15, 0.2) is 109 Å². The van der Waals surface area contributed by atoms with Gasteiger partial charge in [-0.1, -0.05) is 36.4 Å². The number of benzene rings is 4. The van der Waals surface area contributed by atoms with Crippen LogP contribution < -0.4 is 6.25 Å². The van der Waals surface area contributed by atoms with Gasteiger partial charge in [0.1, 0.15) is 0 Å². The second kappa shape index (κ2) is 14.5. The summed E-state index contributed by atoms with van der Waals surface area (Å²) in [7, 11) is 0. The van der Waals surface area contributed by atoms with Gasteiger partial charge in [0.2, 0.25) is 0 Å². The summed E-state index contributed by atoms with van der Waals surface area (Å²) in [6.45, 7) is 0. The van der Waals surface area contributed by atoms with E-state index in [1.54, 1.807) is 60.7 Å². The maximum Gasteiger partial charge on any atom is 0.335 e. The van der Waals surface area contributed by atoms with E-state index in [1.807, 2.05) is 24.3 Å². The summed E-state index contributed by atoms with van der Waals surface area (Å²) in [5, 5.41) is 18.4. The summed E-state index contributed by atoms with van der Waals surface area (Å²) in [4.78, 5) is 20.4. The summed E-state index contributed by atoms with van der Waals surface area (Å²) < 4.78 is 2.89. The van der Waals surface area contributed by atoms with Crippen molar-refractivity contribution in [1.29, 1.82) is 0 Å². The first-order valence-corrected chi connectivity index (χ1v) is 14.3. The van der Waals surface area contributed by atoms with Crippen molar-refractivity contribution < 1.29 is 19.8 Å². The average Bonchev–Trinajstić information content (AvgIpc) is 2.84. The third kappa shape index (κ3) is 10.7. The molecule has 4 nitrogen and oxygen atoms in total. The number of hydrogen-bond acceptors (Lipinski definition) is 2. The van der Waals surface area contributed by atoms with E-state index in [9.17, 15) is 9.59 Å². The van der Waals surface area contributed by atoms with Crippen molar-refractivity contribution in [2.75, 3.05) is 0 Å². The van der Waals surface area contributed by atoms with Gasteiger partial charge in [-0.25, -0.2) is 9.59 Å². The molecule has 0 atom stereocenters. The van der Waals surface area contributed by atoms with Crippen molar-refractivity contribution in [2.45, 2.75) is 0 Å². The van der Waals surface area contributed by atoms with E-state index in [0.29, 0.717) is 11.1 Å². The fourth-order valence-electron chi connectivity index (χ4n) is 2.39. The first-order valence-electron chi connectivity index (χ1n) is 9.70. The molecule has 4 aromatic rings. The van der Waals surface area contributed by atoms with Crippen molar-refractivity contribution in [1.82, 2.24) is 0 Å². The van der Waals surface area contributed by atoms with Gasteiger partial charge in [-0.2, -0.15) is 0 Å². The fraction of sp³-hybridized carbons (Fsp3) is 0. The Morgan fingerprint density at radius 1 is 0.515 bits per heavy atom. The van der Waals surface area contributed by atoms with Crippen LogP contribution in [0, 0.1) is 0 Å². The molecule has 2 radical (unpaired) electrons. The number of carbonyl (C=O) groups is 2. The molecule has 166 valence electrons. The predicted octanol–water partition coefficient (Wildman–Crippen LogP) is 5.42. The standard InChI is InChI=1S/2C7H6O2.2C6H4Cl.Pb/c2*8-7(9)6-4-2-1-3-5-6;2*7-6-4-2-1-3-5-6;/h2*1-5H,(H,8,9);2*2-5H;. The van der Waals surface area contributed by atoms with E-state index in [4.69, 9.17) is 33.4 Å². The van der Waals surface area contributed by atoms with Crippen molar-refractivity contribution in [3.05, 3.63) is 130 Å². The van der Waals surface area contributed by atoms with Crippen LogP contribution in [0.3, 0.4) is 0 Å². The molecule has 0 unspecified atom stereocenters. The molecule has 4 aromatic carbocycles. The van der Waals surface area contributed by atoms with Crippen LogP contribution in [0.5, 0.6) is 0 Å². The van der Waals surface area contributed by atoms with Crippen molar-refractivity contribution in [3.8, 4) is 0 Å². The largest absolute Gasteiger partial charge is 0.478 e. The zero-order chi connectivity index (χ0) is 24.1. The van der Waals surface area contributed by atoms with Gasteiger partial charge >= 0.3 is 124 Å². The molecule has 0 spiro atoms. The molecule has 0 amide bonds. The van der Waals surface area contributed by atoms with Crippen LogP contribution in [0.4, 0.5) is 0 Å². The zero-order valence-electron chi connectivity index (χ0n) is 17.4. The summed E-state index contributed by atoms with van der Waals surface area (Å²) in [5.74, 6) is -1.76. The Morgan fingerprint density at radius 3 is 1.06 bits per heavy atom. The molecule has 0 bridgehead atoms. The van der Waals surface area contributed by atoms with Gasteiger partial charge in [0.25, 0.3) is 0 Å². The molecule has 33 heavy (non-hydrogen) atoms. The smallest absolute Gasteiger partial charge is 0.335 e. The van der Waals surface area contributed by atoms with Crippen LogP contribution in [0.1, 0.15) is 20.7 Å². The molecular weight excluding hydrogens is 654 g/mol. The summed E-state index contributed by atoms with van der Waals surface area (Å²) in [5.41, 5.74) is 0.662. The van der Waals surface area contributed by atoms with E-state index < -0.39 is 36.2 Å². The van der Waals surface area contributed by atoms with Crippen LogP contribution in [-0.4, -0.2) is 46.4 Å². The van der Waals surface area contributed by atoms with E-state index in [1.165, 1.54) is 6.25 Å². The third-order valence-electron chi connectivity index (χ3n) is 4.02. The van der Waals surface area contributed by atoms with E-state index in [2.05, 4.69) is 24.3 Å². The van der Waals surface area contributed by atoms with E-state index in [-0.39, 0.29) is 0 Å². The summed E-state index contributed by atoms with van der Waals surface area (Å²) >= 11 is 10.8. The van der Waals surface area contributed by atoms with Crippen molar-refractivity contribution in [2.24, 2.45) is 0 Å². The molecule has 0 heterocycles. The first-order chi connectivity index (χ1) is 15.8. The molecule has 0 aromatic heterocycles. The normalized spacial score (nSPS) is 9.52. The fourth-order valence-corrected chi connectivity index (χ4v) is 6.53. The van der Waals surface area contributed by atoms with Crippen molar-refractivity contribution in [3.63, 3.8) is 0 Å². The maximum absolute atomic E-state index is 10.2. The van der Waals surface area contributed by atoms with Gasteiger partial charge in [-0.3, -0.25) is 0 Å². The minimum atomic E-state index is -0.901. The van der Waals surface area contributed by atoms with Crippen LogP contribution in [-0.2, 0) is 0 Å². The molecule has 0 saturated carbocycles. The Balaban J connectivity index is 0.000000186. The van der Waals surface area contributed by atoms with E-state index in [0.717, 1.165) is 10.0 Å². The zero-order valence-corrected chi connectivity index (χ0v) is 22.8. The quantitative estimate of drug-likeness (QED) is 0.284. The number of carboxylic acids is 2. The van der Waals surface area contributed by atoms with Gasteiger partial charge in [-0.05, 0) is 24.3 Å². The first kappa shape index (κ1) is 26.6. The molecule has 0 aliphatic rings. The van der Waals surface area contributed by atoms with Crippen LogP contribution >= 0.6 is 23.2 Å². The molecule has 2 N–H and O–H groups in total. The number of rotatable bonds is 4. The van der Waals surface area contributed by atoms with Gasteiger partial charge in [0.05, 0.1) is 11.1 Å². The number of hydrogen-bond donors (Lipinski definition) is 2. The summed E-state index contributed by atoms with van der Waals surface area (Å²) in [6.07, 6.45) is 0. The second-order valence-electron chi connectivity index (χ2n) is 6.48. The Bertz CT molecular complexity index is 1040. The van der Waals surface area contributed by atoms with Gasteiger partial charge in [0, 0.05) is 0 Å². The number of carboxylic acid groups (broad SMARTS) is 2. The summed E-state index contributed by atoms with van der Waals surface area (Å²) in [6, 6.07) is 32.9. The second-order valence-corrected chi connectivity index (χ2v) is 12.8. The van der Waals surface area contributed by atoms with Crippen molar-refractivity contribution >= 4 is 65.6 Å².